The van der Waals surface area contributed by atoms with Crippen LogP contribution in [0.15, 0.2) is 0 Å². The average molecular weight is 313 g/mol. The normalized spacial score (nSPS) is 12.7. The molecule has 0 aliphatic rings. The fraction of sp³-hybridized carbons (Fsp3) is 0.917. The van der Waals surface area contributed by atoms with Gasteiger partial charge in [0.05, 0.1) is 12.2 Å². The minimum absolute atomic E-state index is 0.0431. The molecule has 0 bridgehead atoms. The molecule has 0 rings (SSSR count). The standard InChI is InChI=1S/C12H25NO3.H3O3P/c1-8(2)7-11(13-16-10(5)6)12(14)15-9(3)4;1-4(2)3/h8-11,13H,7H2,1-6H3;1-3H/t11-;/m0./s1. The van der Waals surface area contributed by atoms with Gasteiger partial charge in [-0.1, -0.05) is 13.8 Å². The zero-order chi connectivity index (χ0) is 16.3. The lowest BCUT2D eigenvalue weighted by Crippen LogP contribution is -2.41. The first-order chi connectivity index (χ1) is 9.06. The molecule has 122 valence electrons. The topological polar surface area (TPSA) is 108 Å². The highest BCUT2D eigenvalue weighted by molar-refractivity contribution is 7.38. The Morgan fingerprint density at radius 2 is 1.50 bits per heavy atom. The van der Waals surface area contributed by atoms with E-state index < -0.39 is 8.60 Å². The minimum atomic E-state index is -2.62. The predicted octanol–water partition coefficient (Wildman–Crippen LogP) is 1.47. The molecule has 0 aromatic rings. The van der Waals surface area contributed by atoms with Crippen molar-refractivity contribution in [2.75, 3.05) is 0 Å². The molecule has 0 radical (unpaired) electrons. The van der Waals surface area contributed by atoms with E-state index in [2.05, 4.69) is 19.3 Å². The highest BCUT2D eigenvalue weighted by Crippen LogP contribution is 2.11. The summed E-state index contributed by atoms with van der Waals surface area (Å²) >= 11 is 0. The molecular weight excluding hydrogens is 285 g/mol. The lowest BCUT2D eigenvalue weighted by molar-refractivity contribution is -0.156. The molecule has 0 aliphatic heterocycles. The van der Waals surface area contributed by atoms with Crippen molar-refractivity contribution in [3.8, 4) is 0 Å². The van der Waals surface area contributed by atoms with Gasteiger partial charge in [0, 0.05) is 0 Å². The Kier molecular flexibility index (Phi) is 13.7. The van der Waals surface area contributed by atoms with Crippen molar-refractivity contribution in [1.29, 1.82) is 0 Å². The molecule has 4 N–H and O–H groups in total. The first-order valence-corrected chi connectivity index (χ1v) is 7.74. The molecule has 0 unspecified atom stereocenters. The molecule has 0 heterocycles. The second kappa shape index (κ2) is 12.4. The summed E-state index contributed by atoms with van der Waals surface area (Å²) in [4.78, 5) is 38.7. The monoisotopic (exact) mass is 313 g/mol. The first-order valence-electron chi connectivity index (χ1n) is 6.54. The van der Waals surface area contributed by atoms with E-state index in [1.165, 1.54) is 0 Å². The van der Waals surface area contributed by atoms with Crippen LogP contribution in [0.5, 0.6) is 0 Å². The van der Waals surface area contributed by atoms with Crippen LogP contribution in [0.2, 0.25) is 0 Å². The van der Waals surface area contributed by atoms with E-state index in [1.807, 2.05) is 27.7 Å². The molecule has 7 nitrogen and oxygen atoms in total. The van der Waals surface area contributed by atoms with Gasteiger partial charge in [-0.05, 0) is 40.0 Å². The van der Waals surface area contributed by atoms with Crippen molar-refractivity contribution in [2.45, 2.75) is 66.2 Å². The van der Waals surface area contributed by atoms with Crippen LogP contribution in [0.4, 0.5) is 0 Å². The molecule has 0 amide bonds. The zero-order valence-corrected chi connectivity index (χ0v) is 13.9. The number of hydrogen-bond acceptors (Lipinski definition) is 7. The average Bonchev–Trinajstić information content (AvgIpc) is 2.21. The van der Waals surface area contributed by atoms with Crippen molar-refractivity contribution < 1.29 is 29.0 Å². The summed E-state index contributed by atoms with van der Waals surface area (Å²) < 4.78 is 5.16. The molecular formula is C12H28NO6P. The minimum Gasteiger partial charge on any atom is -0.462 e. The zero-order valence-electron chi connectivity index (χ0n) is 13.0. The van der Waals surface area contributed by atoms with Crippen LogP contribution in [-0.2, 0) is 14.4 Å². The van der Waals surface area contributed by atoms with Crippen LogP contribution in [0.3, 0.4) is 0 Å². The molecule has 0 aromatic carbocycles. The summed E-state index contributed by atoms with van der Waals surface area (Å²) in [5.41, 5.74) is 2.78. The van der Waals surface area contributed by atoms with Gasteiger partial charge >= 0.3 is 14.6 Å². The highest BCUT2D eigenvalue weighted by atomic mass is 31.2. The summed E-state index contributed by atoms with van der Waals surface area (Å²) in [6.45, 7) is 11.6. The molecule has 0 saturated carbocycles. The van der Waals surface area contributed by atoms with E-state index >= 15 is 0 Å². The Morgan fingerprint density at radius 1 is 1.05 bits per heavy atom. The van der Waals surface area contributed by atoms with E-state index in [1.54, 1.807) is 0 Å². The summed E-state index contributed by atoms with van der Waals surface area (Å²) in [7, 11) is -2.62. The van der Waals surface area contributed by atoms with Gasteiger partial charge in [-0.3, -0.25) is 9.63 Å². The molecule has 8 heteroatoms. The third kappa shape index (κ3) is 17.7. The van der Waals surface area contributed by atoms with Gasteiger partial charge in [-0.2, -0.15) is 5.48 Å². The molecule has 0 aliphatic carbocycles. The summed E-state index contributed by atoms with van der Waals surface area (Å²) in [6, 6.07) is -0.384. The van der Waals surface area contributed by atoms with Gasteiger partial charge in [-0.15, -0.1) is 0 Å². The summed E-state index contributed by atoms with van der Waals surface area (Å²) in [5.74, 6) is 0.164. The molecule has 20 heavy (non-hydrogen) atoms. The number of hydroxylamine groups is 1. The number of carbonyl (C=O) groups excluding carboxylic acids is 1. The largest absolute Gasteiger partial charge is 0.462 e. The van der Waals surface area contributed by atoms with Crippen LogP contribution in [0.25, 0.3) is 0 Å². The van der Waals surface area contributed by atoms with Gasteiger partial charge < -0.3 is 19.4 Å². The highest BCUT2D eigenvalue weighted by Gasteiger charge is 2.22. The third-order valence-electron chi connectivity index (χ3n) is 1.79. The number of hydrogen-bond donors (Lipinski definition) is 4. The van der Waals surface area contributed by atoms with Gasteiger partial charge in [0.1, 0.15) is 6.04 Å². The number of esters is 1. The molecule has 0 saturated heterocycles. The van der Waals surface area contributed by atoms with Crippen molar-refractivity contribution >= 4 is 14.6 Å². The van der Waals surface area contributed by atoms with E-state index in [4.69, 9.17) is 24.3 Å². The van der Waals surface area contributed by atoms with Gasteiger partial charge in [-0.25, -0.2) is 0 Å². The van der Waals surface area contributed by atoms with Crippen molar-refractivity contribution in [1.82, 2.24) is 5.48 Å². The first kappa shape index (κ1) is 22.0. The Bertz CT molecular complexity index is 245. The van der Waals surface area contributed by atoms with Crippen LogP contribution in [-0.4, -0.2) is 38.9 Å². The lowest BCUT2D eigenvalue weighted by Gasteiger charge is -2.21. The lowest BCUT2D eigenvalue weighted by atomic mass is 10.0. The maximum absolute atomic E-state index is 11.7. The fourth-order valence-corrected chi connectivity index (χ4v) is 1.20. The predicted molar refractivity (Wildman–Crippen MR) is 77.4 cm³/mol. The van der Waals surface area contributed by atoms with E-state index in [9.17, 15) is 4.79 Å². The number of nitrogens with one attached hydrogen (secondary N) is 1. The van der Waals surface area contributed by atoms with Gasteiger partial charge in [0.25, 0.3) is 0 Å². The summed E-state index contributed by atoms with van der Waals surface area (Å²) in [5, 5.41) is 0. The fourth-order valence-electron chi connectivity index (χ4n) is 1.20. The second-order valence-electron chi connectivity index (χ2n) is 5.22. The maximum Gasteiger partial charge on any atom is 0.325 e. The van der Waals surface area contributed by atoms with Crippen LogP contribution >= 0.6 is 8.60 Å². The van der Waals surface area contributed by atoms with Crippen LogP contribution in [0, 0.1) is 5.92 Å². The molecule has 0 aromatic heterocycles. The third-order valence-corrected chi connectivity index (χ3v) is 1.79. The number of ether oxygens (including phenoxy) is 1. The van der Waals surface area contributed by atoms with E-state index in [0.717, 1.165) is 0 Å². The summed E-state index contributed by atoms with van der Waals surface area (Å²) in [6.07, 6.45) is 0.655. The van der Waals surface area contributed by atoms with Crippen molar-refractivity contribution in [2.24, 2.45) is 5.92 Å². The van der Waals surface area contributed by atoms with Crippen molar-refractivity contribution in [3.05, 3.63) is 0 Å². The SMILES string of the molecule is CC(C)C[C@H](NOC(C)C)C(=O)OC(C)C.OP(O)O. The van der Waals surface area contributed by atoms with Crippen molar-refractivity contribution in [3.63, 3.8) is 0 Å². The van der Waals surface area contributed by atoms with Crippen LogP contribution in [0.1, 0.15) is 48.0 Å². The molecule has 1 atom stereocenters. The number of rotatable bonds is 7. The maximum atomic E-state index is 11.7. The Morgan fingerprint density at radius 3 is 1.80 bits per heavy atom. The van der Waals surface area contributed by atoms with Crippen LogP contribution < -0.4 is 5.48 Å². The second-order valence-corrected chi connectivity index (χ2v) is 5.76. The van der Waals surface area contributed by atoms with E-state index in [-0.39, 0.29) is 24.2 Å². The quantitative estimate of drug-likeness (QED) is 0.320. The molecule has 0 fully saturated rings. The van der Waals surface area contributed by atoms with E-state index in [0.29, 0.717) is 12.3 Å². The number of carbonyl (C=O) groups is 1. The smallest absolute Gasteiger partial charge is 0.325 e. The Balaban J connectivity index is 0. The Labute approximate surface area is 122 Å². The van der Waals surface area contributed by atoms with Gasteiger partial charge in [0.15, 0.2) is 0 Å². The van der Waals surface area contributed by atoms with Gasteiger partial charge in [0.2, 0.25) is 0 Å². The Hall–Kier alpha value is -0.300. The molecule has 0 spiro atoms.